The maximum atomic E-state index is 12.5. The number of hydrogen-bond donors (Lipinski definition) is 1. The first-order valence-electron chi connectivity index (χ1n) is 15.1. The molecule has 2 fully saturated rings. The highest BCUT2D eigenvalue weighted by Gasteiger charge is 2.19. The van der Waals surface area contributed by atoms with Crippen LogP contribution in [0.15, 0.2) is 31.2 Å². The summed E-state index contributed by atoms with van der Waals surface area (Å²) >= 11 is 11.9. The van der Waals surface area contributed by atoms with Crippen molar-refractivity contribution in [3.05, 3.63) is 42.3 Å². The number of alkyl halides is 1. The van der Waals surface area contributed by atoms with Crippen LogP contribution < -0.4 is 20.9 Å². The highest BCUT2D eigenvalue weighted by atomic mass is 79.9. The predicted octanol–water partition coefficient (Wildman–Crippen LogP) is 5.06. The number of nitrogens with one attached hydrogen (secondary N) is 1. The molecule has 45 heavy (non-hydrogen) atoms. The minimum Gasteiger partial charge on any atom is -0.378 e. The number of aromatic nitrogens is 4. The van der Waals surface area contributed by atoms with Gasteiger partial charge in [0.1, 0.15) is 22.0 Å². The lowest BCUT2D eigenvalue weighted by atomic mass is 10.4. The Morgan fingerprint density at radius 2 is 1.31 bits per heavy atom. The molecular formula is C28H49Br2ClN6O6Si2. The Hall–Kier alpha value is -1.12. The van der Waals surface area contributed by atoms with E-state index in [0.717, 1.165) is 12.7 Å². The number of aromatic amines is 1. The normalized spacial score (nSPS) is 15.6. The second-order valence-electron chi connectivity index (χ2n) is 12.9. The molecule has 0 radical (unpaired) electrons. The summed E-state index contributed by atoms with van der Waals surface area (Å²) in [7, 11) is -1.99. The summed E-state index contributed by atoms with van der Waals surface area (Å²) in [5.41, 5.74) is -0.270. The number of rotatable bonds is 11. The van der Waals surface area contributed by atoms with Gasteiger partial charge in [0.05, 0.1) is 26.4 Å². The first-order valence-corrected chi connectivity index (χ1v) is 24.6. The first-order chi connectivity index (χ1) is 21.2. The standard InChI is InChI=1S/C14H24BrN3O3Si.C8H10BrN3O2.C6H15ClOSi/c1-22(2,3)9-8-21-11-18-10-12(15)16-13(14(18)19)17-4-6-20-7-5-17;9-6-5-10-8(13)7(11-6)12-1-3-14-4-2-12;1-9(2,3)5-4-8-6-7/h10H,4-9,11H2,1-3H3;5H,1-4H2,(H,10,13);4-6H2,1-3H3. The van der Waals surface area contributed by atoms with Crippen molar-refractivity contribution < 1.29 is 18.9 Å². The number of ether oxygens (including phenoxy) is 4. The molecule has 2 saturated heterocycles. The maximum absolute atomic E-state index is 12.5. The van der Waals surface area contributed by atoms with Gasteiger partial charge in [-0.15, -0.1) is 0 Å². The number of anilines is 2. The summed E-state index contributed by atoms with van der Waals surface area (Å²) in [6.45, 7) is 21.0. The summed E-state index contributed by atoms with van der Waals surface area (Å²) in [4.78, 5) is 39.0. The van der Waals surface area contributed by atoms with Crippen molar-refractivity contribution in [1.29, 1.82) is 0 Å². The Kier molecular flexibility index (Phi) is 18.1. The zero-order valence-electron chi connectivity index (χ0n) is 27.4. The van der Waals surface area contributed by atoms with E-state index < -0.39 is 16.1 Å². The van der Waals surface area contributed by atoms with Crippen LogP contribution in [0.25, 0.3) is 0 Å². The molecule has 12 nitrogen and oxygen atoms in total. The van der Waals surface area contributed by atoms with E-state index in [0.29, 0.717) is 86.1 Å². The van der Waals surface area contributed by atoms with Crippen LogP contribution in [0.4, 0.5) is 11.6 Å². The minimum atomic E-state index is -1.11. The maximum Gasteiger partial charge on any atom is 0.295 e. The summed E-state index contributed by atoms with van der Waals surface area (Å²) in [5, 5.41) is 0. The fourth-order valence-corrected chi connectivity index (χ4v) is 6.23. The van der Waals surface area contributed by atoms with E-state index in [1.165, 1.54) is 12.2 Å². The van der Waals surface area contributed by atoms with Crippen molar-refractivity contribution in [3.8, 4) is 0 Å². The molecule has 17 heteroatoms. The average Bonchev–Trinajstić information content (AvgIpc) is 2.98. The summed E-state index contributed by atoms with van der Waals surface area (Å²) in [5.74, 6) is 0.925. The van der Waals surface area contributed by atoms with Crippen LogP contribution in [-0.2, 0) is 25.7 Å². The third-order valence-corrected chi connectivity index (χ3v) is 10.9. The van der Waals surface area contributed by atoms with Crippen LogP contribution in [0.5, 0.6) is 0 Å². The lowest BCUT2D eigenvalue weighted by molar-refractivity contribution is 0.0842. The van der Waals surface area contributed by atoms with Crippen LogP contribution in [0.2, 0.25) is 51.4 Å². The van der Waals surface area contributed by atoms with Crippen molar-refractivity contribution in [1.82, 2.24) is 19.5 Å². The summed E-state index contributed by atoms with van der Waals surface area (Å²) in [6, 6.07) is 2.63. The molecule has 2 aromatic heterocycles. The molecule has 256 valence electrons. The fraction of sp³-hybridized carbons (Fsp3) is 0.714. The van der Waals surface area contributed by atoms with Gasteiger partial charge in [0.15, 0.2) is 11.6 Å². The minimum absolute atomic E-state index is 0.113. The van der Waals surface area contributed by atoms with Crippen LogP contribution in [0, 0.1) is 0 Å². The third kappa shape index (κ3) is 16.5. The second-order valence-corrected chi connectivity index (χ2v) is 26.0. The molecule has 2 aliphatic heterocycles. The molecule has 0 aromatic carbocycles. The predicted molar refractivity (Wildman–Crippen MR) is 194 cm³/mol. The zero-order chi connectivity index (χ0) is 33.5. The van der Waals surface area contributed by atoms with E-state index in [2.05, 4.69) is 86.1 Å². The Labute approximate surface area is 290 Å². The molecule has 0 saturated carbocycles. The summed E-state index contributed by atoms with van der Waals surface area (Å²) in [6.07, 6.45) is 3.22. The molecule has 0 bridgehead atoms. The van der Waals surface area contributed by atoms with Crippen molar-refractivity contribution in [3.63, 3.8) is 0 Å². The van der Waals surface area contributed by atoms with Crippen molar-refractivity contribution in [2.75, 3.05) is 81.7 Å². The van der Waals surface area contributed by atoms with E-state index in [1.807, 2.05) is 9.80 Å². The highest BCUT2D eigenvalue weighted by Crippen LogP contribution is 2.14. The Bertz CT molecular complexity index is 1270. The third-order valence-electron chi connectivity index (χ3n) is 6.59. The van der Waals surface area contributed by atoms with Crippen molar-refractivity contribution in [2.24, 2.45) is 0 Å². The topological polar surface area (TPSA) is 124 Å². The van der Waals surface area contributed by atoms with Gasteiger partial charge in [-0.1, -0.05) is 50.9 Å². The molecule has 0 spiro atoms. The molecule has 2 aromatic rings. The molecule has 0 amide bonds. The monoisotopic (exact) mass is 814 g/mol. The number of nitrogens with zero attached hydrogens (tertiary/aromatic N) is 5. The van der Waals surface area contributed by atoms with E-state index in [9.17, 15) is 9.59 Å². The van der Waals surface area contributed by atoms with Gasteiger partial charge in [0.25, 0.3) is 11.1 Å². The average molecular weight is 817 g/mol. The van der Waals surface area contributed by atoms with Gasteiger partial charge >= 0.3 is 0 Å². The van der Waals surface area contributed by atoms with Crippen LogP contribution in [0.1, 0.15) is 0 Å². The molecule has 0 unspecified atom stereocenters. The highest BCUT2D eigenvalue weighted by molar-refractivity contribution is 9.10. The SMILES string of the molecule is C[Si](C)(C)CCOCCl.C[Si](C)(C)CCOCn1cc(Br)nc(N2CCOCC2)c1=O.O=c1[nH]cc(Br)nc1N1CCOCC1. The van der Waals surface area contributed by atoms with Gasteiger partial charge in [-0.05, 0) is 43.9 Å². The number of halogens is 3. The molecule has 1 N–H and O–H groups in total. The Morgan fingerprint density at radius 1 is 0.822 bits per heavy atom. The lowest BCUT2D eigenvalue weighted by Gasteiger charge is -2.27. The zero-order valence-corrected chi connectivity index (χ0v) is 33.3. The number of H-pyrrole nitrogens is 1. The van der Waals surface area contributed by atoms with E-state index in [-0.39, 0.29) is 17.8 Å². The van der Waals surface area contributed by atoms with Crippen LogP contribution in [0.3, 0.4) is 0 Å². The number of hydrogen-bond acceptors (Lipinski definition) is 10. The van der Waals surface area contributed by atoms with Gasteiger partial charge in [-0.2, -0.15) is 0 Å². The fourth-order valence-electron chi connectivity index (χ4n) is 3.91. The van der Waals surface area contributed by atoms with E-state index in [4.69, 9.17) is 30.5 Å². The van der Waals surface area contributed by atoms with Gasteiger partial charge < -0.3 is 33.7 Å². The van der Waals surface area contributed by atoms with Crippen molar-refractivity contribution >= 4 is 71.2 Å². The molecular weight excluding hydrogens is 768 g/mol. The molecule has 4 heterocycles. The van der Waals surface area contributed by atoms with Crippen LogP contribution in [-0.4, -0.2) is 108 Å². The van der Waals surface area contributed by atoms with Gasteiger partial charge in [0.2, 0.25) is 0 Å². The second kappa shape index (κ2) is 20.3. The lowest BCUT2D eigenvalue weighted by Crippen LogP contribution is -2.41. The Morgan fingerprint density at radius 3 is 1.82 bits per heavy atom. The molecule has 4 rings (SSSR count). The first kappa shape index (κ1) is 40.1. The quantitative estimate of drug-likeness (QED) is 0.187. The van der Waals surface area contributed by atoms with Crippen molar-refractivity contribution in [2.45, 2.75) is 58.1 Å². The Balaban J connectivity index is 0.000000262. The molecule has 0 atom stereocenters. The smallest absolute Gasteiger partial charge is 0.295 e. The van der Waals surface area contributed by atoms with E-state index in [1.54, 1.807) is 10.8 Å². The van der Waals surface area contributed by atoms with Gasteiger partial charge in [-0.25, -0.2) is 9.97 Å². The van der Waals surface area contributed by atoms with Gasteiger partial charge in [-0.3, -0.25) is 14.2 Å². The summed E-state index contributed by atoms with van der Waals surface area (Å²) < 4.78 is 24.1. The van der Waals surface area contributed by atoms with Crippen LogP contribution >= 0.6 is 43.5 Å². The van der Waals surface area contributed by atoms with E-state index >= 15 is 0 Å². The molecule has 0 aliphatic carbocycles. The number of morpholine rings is 2. The van der Waals surface area contributed by atoms with Gasteiger partial charge in [0, 0.05) is 67.9 Å². The largest absolute Gasteiger partial charge is 0.378 e. The molecule has 2 aliphatic rings.